The van der Waals surface area contributed by atoms with Crippen molar-refractivity contribution in [3.8, 4) is 0 Å². The van der Waals surface area contributed by atoms with Gasteiger partial charge in [0.2, 0.25) is 0 Å². The van der Waals surface area contributed by atoms with Crippen molar-refractivity contribution >= 4 is 5.97 Å². The minimum Gasteiger partial charge on any atom is -0.466 e. The first-order valence-corrected chi connectivity index (χ1v) is 4.73. The summed E-state index contributed by atoms with van der Waals surface area (Å²) in [5.41, 5.74) is 0.116. The number of halogens is 1. The summed E-state index contributed by atoms with van der Waals surface area (Å²) in [7, 11) is 0. The van der Waals surface area contributed by atoms with E-state index in [4.69, 9.17) is 0 Å². The number of rotatable bonds is 4. The van der Waals surface area contributed by atoms with Crippen LogP contribution < -0.4 is 0 Å². The number of ether oxygens (including phenoxy) is 1. The van der Waals surface area contributed by atoms with E-state index in [0.717, 1.165) is 0 Å². The fourth-order valence-corrected chi connectivity index (χ4v) is 1.23. The molecule has 0 saturated carbocycles. The summed E-state index contributed by atoms with van der Waals surface area (Å²) >= 11 is 0. The molecule has 0 fully saturated rings. The van der Waals surface area contributed by atoms with Gasteiger partial charge in [0.25, 0.3) is 0 Å². The van der Waals surface area contributed by atoms with Crippen LogP contribution in [0.3, 0.4) is 0 Å². The normalized spacial score (nSPS) is 12.2. The average molecular weight is 212 g/mol. The molecular formula is C11H13FO3. The van der Waals surface area contributed by atoms with Gasteiger partial charge in [0.05, 0.1) is 19.1 Å². The molecule has 1 atom stereocenters. The van der Waals surface area contributed by atoms with E-state index in [2.05, 4.69) is 4.74 Å². The Kier molecular flexibility index (Phi) is 4.24. The quantitative estimate of drug-likeness (QED) is 0.774. The highest BCUT2D eigenvalue weighted by atomic mass is 19.1. The van der Waals surface area contributed by atoms with E-state index in [9.17, 15) is 14.3 Å². The molecular weight excluding hydrogens is 199 g/mol. The Bertz CT molecular complexity index is 338. The van der Waals surface area contributed by atoms with E-state index in [1.165, 1.54) is 18.2 Å². The maximum Gasteiger partial charge on any atom is 0.308 e. The van der Waals surface area contributed by atoms with Crippen molar-refractivity contribution in [1.82, 2.24) is 0 Å². The summed E-state index contributed by atoms with van der Waals surface area (Å²) in [5.74, 6) is -1.05. The van der Waals surface area contributed by atoms with Crippen molar-refractivity contribution in [2.45, 2.75) is 19.4 Å². The molecule has 1 aromatic rings. The predicted molar refractivity (Wildman–Crippen MR) is 52.6 cm³/mol. The third-order valence-corrected chi connectivity index (χ3v) is 1.93. The second-order valence-corrected chi connectivity index (χ2v) is 3.05. The highest BCUT2D eigenvalue weighted by Gasteiger charge is 2.16. The van der Waals surface area contributed by atoms with E-state index in [0.29, 0.717) is 0 Å². The molecule has 3 nitrogen and oxygen atoms in total. The number of aliphatic hydroxyl groups excluding tert-OH is 1. The van der Waals surface area contributed by atoms with Gasteiger partial charge in [-0.25, -0.2) is 4.39 Å². The molecule has 1 aromatic carbocycles. The molecule has 0 aliphatic rings. The Morgan fingerprint density at radius 2 is 2.20 bits per heavy atom. The SMILES string of the molecule is CCOC(=O)C[C@@H](O)c1ccccc1F. The predicted octanol–water partition coefficient (Wildman–Crippen LogP) is 1.81. The zero-order valence-corrected chi connectivity index (χ0v) is 8.44. The lowest BCUT2D eigenvalue weighted by molar-refractivity contribution is -0.145. The largest absolute Gasteiger partial charge is 0.466 e. The minimum atomic E-state index is -1.15. The third-order valence-electron chi connectivity index (χ3n) is 1.93. The van der Waals surface area contributed by atoms with Gasteiger partial charge >= 0.3 is 5.97 Å². The Hall–Kier alpha value is -1.42. The molecule has 0 aliphatic carbocycles. The highest BCUT2D eigenvalue weighted by molar-refractivity contribution is 5.70. The van der Waals surface area contributed by atoms with Crippen molar-refractivity contribution < 1.29 is 19.0 Å². The number of hydrogen-bond donors (Lipinski definition) is 1. The molecule has 0 unspecified atom stereocenters. The fraction of sp³-hybridized carbons (Fsp3) is 0.364. The highest BCUT2D eigenvalue weighted by Crippen LogP contribution is 2.19. The summed E-state index contributed by atoms with van der Waals surface area (Å²) in [6.07, 6.45) is -1.38. The molecule has 0 heterocycles. The molecule has 0 radical (unpaired) electrons. The summed E-state index contributed by atoms with van der Waals surface area (Å²) in [4.78, 5) is 11.0. The van der Waals surface area contributed by atoms with Crippen molar-refractivity contribution in [3.63, 3.8) is 0 Å². The number of benzene rings is 1. The van der Waals surface area contributed by atoms with Gasteiger partial charge in [-0.15, -0.1) is 0 Å². The van der Waals surface area contributed by atoms with Crippen molar-refractivity contribution in [1.29, 1.82) is 0 Å². The van der Waals surface area contributed by atoms with Crippen LogP contribution in [-0.4, -0.2) is 17.7 Å². The Balaban J connectivity index is 2.65. The van der Waals surface area contributed by atoms with Gasteiger partial charge in [-0.2, -0.15) is 0 Å². The minimum absolute atomic E-state index is 0.116. The zero-order chi connectivity index (χ0) is 11.3. The van der Waals surface area contributed by atoms with Crippen molar-refractivity contribution in [2.75, 3.05) is 6.61 Å². The molecule has 0 aliphatic heterocycles. The van der Waals surface area contributed by atoms with E-state index in [1.54, 1.807) is 13.0 Å². The molecule has 0 amide bonds. The first-order valence-electron chi connectivity index (χ1n) is 4.73. The first-order chi connectivity index (χ1) is 7.15. The number of esters is 1. The molecule has 82 valence electrons. The van der Waals surface area contributed by atoms with Crippen LogP contribution in [0.1, 0.15) is 25.0 Å². The summed E-state index contributed by atoms with van der Waals surface area (Å²) in [6.45, 7) is 1.93. The number of aliphatic hydroxyl groups is 1. The van der Waals surface area contributed by atoms with E-state index < -0.39 is 17.9 Å². The van der Waals surface area contributed by atoms with Gasteiger partial charge in [-0.05, 0) is 13.0 Å². The van der Waals surface area contributed by atoms with Gasteiger partial charge in [0.15, 0.2) is 0 Å². The lowest BCUT2D eigenvalue weighted by atomic mass is 10.1. The topological polar surface area (TPSA) is 46.5 Å². The van der Waals surface area contributed by atoms with Crippen LogP contribution >= 0.6 is 0 Å². The maximum atomic E-state index is 13.2. The van der Waals surface area contributed by atoms with Gasteiger partial charge < -0.3 is 9.84 Å². The first kappa shape index (κ1) is 11.7. The average Bonchev–Trinajstić information content (AvgIpc) is 2.18. The maximum absolute atomic E-state index is 13.2. The number of carbonyl (C=O) groups excluding carboxylic acids is 1. The lowest BCUT2D eigenvalue weighted by Crippen LogP contribution is -2.11. The van der Waals surface area contributed by atoms with Crippen LogP contribution in [-0.2, 0) is 9.53 Å². The van der Waals surface area contributed by atoms with E-state index in [1.807, 2.05) is 0 Å². The molecule has 0 saturated heterocycles. The molecule has 4 heteroatoms. The molecule has 0 bridgehead atoms. The Morgan fingerprint density at radius 1 is 1.53 bits per heavy atom. The van der Waals surface area contributed by atoms with Gasteiger partial charge in [-0.1, -0.05) is 18.2 Å². The Labute approximate surface area is 87.5 Å². The van der Waals surface area contributed by atoms with Crippen LogP contribution in [0.4, 0.5) is 4.39 Å². The monoisotopic (exact) mass is 212 g/mol. The smallest absolute Gasteiger partial charge is 0.308 e. The second kappa shape index (κ2) is 5.46. The van der Waals surface area contributed by atoms with E-state index in [-0.39, 0.29) is 18.6 Å². The van der Waals surface area contributed by atoms with Crippen LogP contribution in [0.2, 0.25) is 0 Å². The van der Waals surface area contributed by atoms with Gasteiger partial charge in [0, 0.05) is 5.56 Å². The van der Waals surface area contributed by atoms with Gasteiger partial charge in [-0.3, -0.25) is 4.79 Å². The van der Waals surface area contributed by atoms with E-state index >= 15 is 0 Å². The summed E-state index contributed by atoms with van der Waals surface area (Å²) < 4.78 is 17.8. The Morgan fingerprint density at radius 3 is 2.80 bits per heavy atom. The fourth-order valence-electron chi connectivity index (χ4n) is 1.23. The zero-order valence-electron chi connectivity index (χ0n) is 8.44. The molecule has 1 rings (SSSR count). The van der Waals surface area contributed by atoms with Crippen LogP contribution in [0, 0.1) is 5.82 Å². The van der Waals surface area contributed by atoms with Crippen molar-refractivity contribution in [2.24, 2.45) is 0 Å². The summed E-state index contributed by atoms with van der Waals surface area (Å²) in [5, 5.41) is 9.56. The van der Waals surface area contributed by atoms with Crippen LogP contribution in [0.25, 0.3) is 0 Å². The standard InChI is InChI=1S/C11H13FO3/c1-2-15-11(14)7-10(13)8-5-3-4-6-9(8)12/h3-6,10,13H,2,7H2,1H3/t10-/m1/s1. The van der Waals surface area contributed by atoms with Crippen molar-refractivity contribution in [3.05, 3.63) is 35.6 Å². The molecule has 0 aromatic heterocycles. The molecule has 15 heavy (non-hydrogen) atoms. The van der Waals surface area contributed by atoms with Crippen LogP contribution in [0.5, 0.6) is 0 Å². The van der Waals surface area contributed by atoms with Gasteiger partial charge in [0.1, 0.15) is 5.82 Å². The number of carbonyl (C=O) groups is 1. The second-order valence-electron chi connectivity index (χ2n) is 3.05. The van der Waals surface area contributed by atoms with Crippen LogP contribution in [0.15, 0.2) is 24.3 Å². The lowest BCUT2D eigenvalue weighted by Gasteiger charge is -2.10. The number of hydrogen-bond acceptors (Lipinski definition) is 3. The third kappa shape index (κ3) is 3.32. The molecule has 0 spiro atoms. The summed E-state index contributed by atoms with van der Waals surface area (Å²) in [6, 6.07) is 5.81. The molecule has 1 N–H and O–H groups in total.